The third-order valence-electron chi connectivity index (χ3n) is 4.97. The van der Waals surface area contributed by atoms with Gasteiger partial charge in [-0.15, -0.1) is 0 Å². The van der Waals surface area contributed by atoms with Gasteiger partial charge >= 0.3 is 0 Å². The summed E-state index contributed by atoms with van der Waals surface area (Å²) in [5.74, 6) is 0.293. The first-order chi connectivity index (χ1) is 14.4. The van der Waals surface area contributed by atoms with Crippen molar-refractivity contribution in [2.75, 3.05) is 27.4 Å². The van der Waals surface area contributed by atoms with Crippen LogP contribution in [0.4, 0.5) is 0 Å². The van der Waals surface area contributed by atoms with E-state index in [1.54, 1.807) is 48.4 Å². The molecule has 158 valence electrons. The van der Waals surface area contributed by atoms with Crippen LogP contribution in [0.25, 0.3) is 0 Å². The standard InChI is InChI=1S/C22H24N2O6/c1-28-16-8-5-14(6-9-16)21(26)17-4-3-11-24(17)22(27)15-7-10-18(19(12-15)29-2)30-13-20(23)25/h5-10,12,17H,3-4,11,13H2,1-2H3,(H2,23,25)/t17-/m1/s1. The molecule has 0 spiro atoms. The lowest BCUT2D eigenvalue weighted by atomic mass is 10.0. The first kappa shape index (κ1) is 21.2. The molecule has 0 unspecified atom stereocenters. The third-order valence-corrected chi connectivity index (χ3v) is 4.97. The van der Waals surface area contributed by atoms with Gasteiger partial charge in [-0.2, -0.15) is 0 Å². The summed E-state index contributed by atoms with van der Waals surface area (Å²) in [6.45, 7) is 0.196. The second-order valence-corrected chi connectivity index (χ2v) is 6.87. The smallest absolute Gasteiger partial charge is 0.255 e. The van der Waals surface area contributed by atoms with Crippen molar-refractivity contribution >= 4 is 17.6 Å². The van der Waals surface area contributed by atoms with Crippen LogP contribution in [-0.4, -0.2) is 55.9 Å². The maximum Gasteiger partial charge on any atom is 0.255 e. The van der Waals surface area contributed by atoms with Crippen molar-refractivity contribution in [3.8, 4) is 17.2 Å². The van der Waals surface area contributed by atoms with E-state index in [-0.39, 0.29) is 18.3 Å². The lowest BCUT2D eigenvalue weighted by molar-refractivity contribution is -0.119. The van der Waals surface area contributed by atoms with Gasteiger partial charge in [0.15, 0.2) is 23.9 Å². The number of methoxy groups -OCH3 is 2. The van der Waals surface area contributed by atoms with Gasteiger partial charge in [-0.3, -0.25) is 14.4 Å². The molecule has 1 aliphatic rings. The highest BCUT2D eigenvalue weighted by molar-refractivity contribution is 6.04. The molecule has 3 rings (SSSR count). The van der Waals surface area contributed by atoms with Gasteiger partial charge in [-0.05, 0) is 55.3 Å². The van der Waals surface area contributed by atoms with Crippen molar-refractivity contribution in [2.45, 2.75) is 18.9 Å². The number of nitrogens with zero attached hydrogens (tertiary/aromatic N) is 1. The first-order valence-electron chi connectivity index (χ1n) is 9.53. The summed E-state index contributed by atoms with van der Waals surface area (Å²) in [6, 6.07) is 11.0. The van der Waals surface area contributed by atoms with E-state index >= 15 is 0 Å². The van der Waals surface area contributed by atoms with E-state index < -0.39 is 11.9 Å². The fraction of sp³-hybridized carbons (Fsp3) is 0.318. The largest absolute Gasteiger partial charge is 0.497 e. The average molecular weight is 412 g/mol. The molecule has 0 aromatic heterocycles. The SMILES string of the molecule is COc1ccc(C(=O)[C@H]2CCCN2C(=O)c2ccc(OCC(N)=O)c(OC)c2)cc1. The Morgan fingerprint density at radius 3 is 2.33 bits per heavy atom. The molecule has 2 N–H and O–H groups in total. The number of carbonyl (C=O) groups excluding carboxylic acids is 3. The number of ether oxygens (including phenoxy) is 3. The van der Waals surface area contributed by atoms with E-state index in [2.05, 4.69) is 0 Å². The van der Waals surface area contributed by atoms with E-state index in [1.165, 1.54) is 13.2 Å². The van der Waals surface area contributed by atoms with E-state index in [9.17, 15) is 14.4 Å². The number of nitrogens with two attached hydrogens (primary N) is 1. The van der Waals surface area contributed by atoms with Gasteiger partial charge in [0.25, 0.3) is 11.8 Å². The molecule has 8 heteroatoms. The molecule has 1 aliphatic heterocycles. The summed E-state index contributed by atoms with van der Waals surface area (Å²) < 4.78 is 15.7. The number of rotatable bonds is 8. The Kier molecular flexibility index (Phi) is 6.56. The zero-order chi connectivity index (χ0) is 21.7. The molecule has 30 heavy (non-hydrogen) atoms. The lowest BCUT2D eigenvalue weighted by Gasteiger charge is -2.24. The Morgan fingerprint density at radius 1 is 1.00 bits per heavy atom. The van der Waals surface area contributed by atoms with E-state index in [0.29, 0.717) is 41.3 Å². The van der Waals surface area contributed by atoms with Gasteiger partial charge in [0.1, 0.15) is 5.75 Å². The van der Waals surface area contributed by atoms with Gasteiger partial charge in [0, 0.05) is 17.7 Å². The van der Waals surface area contributed by atoms with Crippen LogP contribution >= 0.6 is 0 Å². The fourth-order valence-corrected chi connectivity index (χ4v) is 3.46. The van der Waals surface area contributed by atoms with Crippen molar-refractivity contribution < 1.29 is 28.6 Å². The molecule has 1 atom stereocenters. The topological polar surface area (TPSA) is 108 Å². The highest BCUT2D eigenvalue weighted by Crippen LogP contribution is 2.30. The van der Waals surface area contributed by atoms with Gasteiger partial charge < -0.3 is 24.8 Å². The molecular weight excluding hydrogens is 388 g/mol. The number of amides is 2. The van der Waals surface area contributed by atoms with Gasteiger partial charge in [0.05, 0.1) is 20.3 Å². The number of carbonyl (C=O) groups is 3. The van der Waals surface area contributed by atoms with Crippen LogP contribution in [0.1, 0.15) is 33.6 Å². The fourth-order valence-electron chi connectivity index (χ4n) is 3.46. The summed E-state index contributed by atoms with van der Waals surface area (Å²) >= 11 is 0. The second-order valence-electron chi connectivity index (χ2n) is 6.87. The van der Waals surface area contributed by atoms with Crippen LogP contribution in [0.5, 0.6) is 17.2 Å². The maximum absolute atomic E-state index is 13.1. The Bertz CT molecular complexity index is 941. The average Bonchev–Trinajstić information content (AvgIpc) is 3.26. The van der Waals surface area contributed by atoms with Crippen molar-refractivity contribution in [3.05, 3.63) is 53.6 Å². The lowest BCUT2D eigenvalue weighted by Crippen LogP contribution is -2.40. The quantitative estimate of drug-likeness (QED) is 0.665. The number of likely N-dealkylation sites (tertiary alicyclic amines) is 1. The molecule has 0 saturated carbocycles. The minimum Gasteiger partial charge on any atom is -0.497 e. The van der Waals surface area contributed by atoms with Crippen LogP contribution in [0.3, 0.4) is 0 Å². The van der Waals surface area contributed by atoms with E-state index in [0.717, 1.165) is 6.42 Å². The van der Waals surface area contributed by atoms with Crippen LogP contribution < -0.4 is 19.9 Å². The van der Waals surface area contributed by atoms with Crippen molar-refractivity contribution in [3.63, 3.8) is 0 Å². The number of benzene rings is 2. The number of hydrogen-bond donors (Lipinski definition) is 1. The zero-order valence-corrected chi connectivity index (χ0v) is 16.9. The van der Waals surface area contributed by atoms with Crippen molar-refractivity contribution in [1.29, 1.82) is 0 Å². The first-order valence-corrected chi connectivity index (χ1v) is 9.53. The highest BCUT2D eigenvalue weighted by Gasteiger charge is 2.35. The summed E-state index contributed by atoms with van der Waals surface area (Å²) in [4.78, 5) is 38.6. The molecule has 0 bridgehead atoms. The van der Waals surface area contributed by atoms with Crippen molar-refractivity contribution in [1.82, 2.24) is 4.90 Å². The van der Waals surface area contributed by atoms with Gasteiger partial charge in [-0.25, -0.2) is 0 Å². The summed E-state index contributed by atoms with van der Waals surface area (Å²) in [7, 11) is 3.00. The summed E-state index contributed by atoms with van der Waals surface area (Å²) in [5, 5.41) is 0. The number of Topliss-reactive ketones (excluding diaryl/α,β-unsaturated/α-hetero) is 1. The highest BCUT2D eigenvalue weighted by atomic mass is 16.5. The Labute approximate surface area is 174 Å². The monoisotopic (exact) mass is 412 g/mol. The Morgan fingerprint density at radius 2 is 1.70 bits per heavy atom. The molecular formula is C22H24N2O6. The minimum atomic E-state index is -0.617. The summed E-state index contributed by atoms with van der Waals surface area (Å²) in [6.07, 6.45) is 1.35. The molecule has 0 aliphatic carbocycles. The molecule has 2 aromatic rings. The van der Waals surface area contributed by atoms with Crippen LogP contribution in [0.2, 0.25) is 0 Å². The molecule has 1 fully saturated rings. The van der Waals surface area contributed by atoms with E-state index in [1.807, 2.05) is 0 Å². The van der Waals surface area contributed by atoms with E-state index in [4.69, 9.17) is 19.9 Å². The predicted octanol–water partition coefficient (Wildman–Crippen LogP) is 2.06. The second kappa shape index (κ2) is 9.30. The van der Waals surface area contributed by atoms with Crippen molar-refractivity contribution in [2.24, 2.45) is 5.73 Å². The number of primary amides is 1. The molecule has 2 aromatic carbocycles. The Balaban J connectivity index is 1.79. The molecule has 8 nitrogen and oxygen atoms in total. The molecule has 0 radical (unpaired) electrons. The van der Waals surface area contributed by atoms with Gasteiger partial charge in [-0.1, -0.05) is 0 Å². The zero-order valence-electron chi connectivity index (χ0n) is 16.9. The number of hydrogen-bond acceptors (Lipinski definition) is 6. The predicted molar refractivity (Wildman–Crippen MR) is 109 cm³/mol. The normalized spacial score (nSPS) is 15.5. The van der Waals surface area contributed by atoms with Gasteiger partial charge in [0.2, 0.25) is 0 Å². The van der Waals surface area contributed by atoms with Crippen LogP contribution in [0.15, 0.2) is 42.5 Å². The van der Waals surface area contributed by atoms with Crippen LogP contribution in [0, 0.1) is 0 Å². The van der Waals surface area contributed by atoms with Crippen LogP contribution in [-0.2, 0) is 4.79 Å². The number of ketones is 1. The molecule has 1 saturated heterocycles. The minimum absolute atomic E-state index is 0.100. The Hall–Kier alpha value is -3.55. The maximum atomic E-state index is 13.1. The molecule has 1 heterocycles. The third kappa shape index (κ3) is 4.53. The summed E-state index contributed by atoms with van der Waals surface area (Å²) in [5.41, 5.74) is 6.00. The molecule has 2 amide bonds.